The summed E-state index contributed by atoms with van der Waals surface area (Å²) in [6.07, 6.45) is -3.26. The number of hydrogen-bond acceptors (Lipinski definition) is 2. The van der Waals surface area contributed by atoms with E-state index in [4.69, 9.17) is 0 Å². The molecule has 7 heteroatoms. The zero-order valence-electron chi connectivity index (χ0n) is 7.81. The molecule has 3 nitrogen and oxygen atoms in total. The van der Waals surface area contributed by atoms with Gasteiger partial charge in [-0.15, -0.1) is 13.2 Å². The average molecular weight is 295 g/mol. The number of nitrogens with zero attached hydrogens (tertiary/aromatic N) is 1. The first-order valence-corrected chi connectivity index (χ1v) is 5.39. The Labute approximate surface area is 96.7 Å². The summed E-state index contributed by atoms with van der Waals surface area (Å²) in [5, 5.41) is 0.406. The molecule has 0 atom stereocenters. The number of imidazole rings is 1. The number of alkyl halides is 4. The molecular weight excluding hydrogens is 289 g/mol. The van der Waals surface area contributed by atoms with Gasteiger partial charge in [0.2, 0.25) is 0 Å². The molecule has 0 aliphatic rings. The van der Waals surface area contributed by atoms with Crippen molar-refractivity contribution in [2.45, 2.75) is 11.7 Å². The molecule has 0 saturated carbocycles. The van der Waals surface area contributed by atoms with Gasteiger partial charge in [-0.1, -0.05) is 15.9 Å². The monoisotopic (exact) mass is 294 g/mol. The van der Waals surface area contributed by atoms with Gasteiger partial charge in [0.1, 0.15) is 5.75 Å². The van der Waals surface area contributed by atoms with Crippen molar-refractivity contribution in [2.75, 3.05) is 0 Å². The normalized spacial score (nSPS) is 12.0. The summed E-state index contributed by atoms with van der Waals surface area (Å²) in [6, 6.07) is 2.58. The van der Waals surface area contributed by atoms with E-state index >= 15 is 0 Å². The number of aromatic amines is 1. The maximum absolute atomic E-state index is 12.0. The Bertz CT molecular complexity index is 509. The summed E-state index contributed by atoms with van der Waals surface area (Å²) in [5.74, 6) is -0.251. The molecule has 2 aromatic rings. The summed E-state index contributed by atoms with van der Waals surface area (Å²) >= 11 is 3.19. The van der Waals surface area contributed by atoms with E-state index in [2.05, 4.69) is 30.6 Å². The molecule has 16 heavy (non-hydrogen) atoms. The number of aromatic nitrogens is 2. The van der Waals surface area contributed by atoms with E-state index in [1.54, 1.807) is 0 Å². The summed E-state index contributed by atoms with van der Waals surface area (Å²) < 4.78 is 40.0. The number of nitrogens with one attached hydrogen (secondary N) is 1. The highest BCUT2D eigenvalue weighted by molar-refractivity contribution is 9.08. The molecule has 0 aliphatic carbocycles. The minimum absolute atomic E-state index is 0.251. The Balaban J connectivity index is 2.47. The second-order valence-corrected chi connectivity index (χ2v) is 3.62. The highest BCUT2D eigenvalue weighted by Gasteiger charge is 2.31. The minimum Gasteiger partial charge on any atom is -0.406 e. The van der Waals surface area contributed by atoms with Crippen LogP contribution in [-0.4, -0.2) is 16.3 Å². The summed E-state index contributed by atoms with van der Waals surface area (Å²) in [6.45, 7) is 0. The van der Waals surface area contributed by atoms with Crippen molar-refractivity contribution in [3.8, 4) is 5.75 Å². The highest BCUT2D eigenvalue weighted by atomic mass is 79.9. The molecule has 1 aromatic carbocycles. The van der Waals surface area contributed by atoms with Crippen LogP contribution in [0.15, 0.2) is 18.5 Å². The van der Waals surface area contributed by atoms with Crippen molar-refractivity contribution < 1.29 is 17.9 Å². The fourth-order valence-corrected chi connectivity index (χ4v) is 1.82. The van der Waals surface area contributed by atoms with Gasteiger partial charge in [-0.25, -0.2) is 4.98 Å². The van der Waals surface area contributed by atoms with Crippen molar-refractivity contribution in [3.63, 3.8) is 0 Å². The lowest BCUT2D eigenvalue weighted by Crippen LogP contribution is -2.17. The molecule has 1 heterocycles. The number of ether oxygens (including phenoxy) is 1. The molecule has 0 radical (unpaired) electrons. The van der Waals surface area contributed by atoms with Gasteiger partial charge in [-0.2, -0.15) is 0 Å². The number of halogens is 4. The summed E-state index contributed by atoms with van der Waals surface area (Å²) in [7, 11) is 0. The van der Waals surface area contributed by atoms with Gasteiger partial charge in [0.15, 0.2) is 0 Å². The quantitative estimate of drug-likeness (QED) is 0.863. The van der Waals surface area contributed by atoms with E-state index in [1.165, 1.54) is 18.5 Å². The van der Waals surface area contributed by atoms with Crippen molar-refractivity contribution >= 4 is 27.0 Å². The van der Waals surface area contributed by atoms with Crippen molar-refractivity contribution in [3.05, 3.63) is 24.0 Å². The van der Waals surface area contributed by atoms with Crippen LogP contribution in [0, 0.1) is 0 Å². The van der Waals surface area contributed by atoms with Crippen LogP contribution in [0.3, 0.4) is 0 Å². The number of H-pyrrole nitrogens is 1. The Morgan fingerprint density at radius 2 is 2.12 bits per heavy atom. The molecule has 2 rings (SSSR count). The van der Waals surface area contributed by atoms with E-state index in [0.717, 1.165) is 0 Å². The molecule has 86 valence electrons. The lowest BCUT2D eigenvalue weighted by Gasteiger charge is -2.09. The second-order valence-electron chi connectivity index (χ2n) is 3.06. The Morgan fingerprint density at radius 3 is 2.75 bits per heavy atom. The van der Waals surface area contributed by atoms with Crippen LogP contribution < -0.4 is 4.74 Å². The van der Waals surface area contributed by atoms with Gasteiger partial charge in [-0.3, -0.25) is 0 Å². The number of rotatable bonds is 2. The Morgan fingerprint density at radius 1 is 1.38 bits per heavy atom. The molecular formula is C9H6BrF3N2O. The van der Waals surface area contributed by atoms with E-state index in [9.17, 15) is 13.2 Å². The minimum atomic E-state index is -4.68. The van der Waals surface area contributed by atoms with Gasteiger partial charge in [-0.05, 0) is 11.6 Å². The van der Waals surface area contributed by atoms with E-state index in [0.29, 0.717) is 21.9 Å². The van der Waals surface area contributed by atoms with Crippen LogP contribution in [0.5, 0.6) is 5.75 Å². The lowest BCUT2D eigenvalue weighted by molar-refractivity contribution is -0.274. The molecule has 0 saturated heterocycles. The third kappa shape index (κ3) is 2.29. The average Bonchev–Trinajstić information content (AvgIpc) is 2.61. The molecule has 1 N–H and O–H groups in total. The highest BCUT2D eigenvalue weighted by Crippen LogP contribution is 2.28. The third-order valence-corrected chi connectivity index (χ3v) is 2.56. The van der Waals surface area contributed by atoms with E-state index < -0.39 is 6.36 Å². The molecule has 1 aromatic heterocycles. The molecule has 0 spiro atoms. The van der Waals surface area contributed by atoms with Crippen molar-refractivity contribution in [2.24, 2.45) is 0 Å². The first kappa shape index (κ1) is 11.3. The largest absolute Gasteiger partial charge is 0.573 e. The van der Waals surface area contributed by atoms with Crippen molar-refractivity contribution in [1.29, 1.82) is 0 Å². The fourth-order valence-electron chi connectivity index (χ4n) is 1.39. The standard InChI is InChI=1S/C9H6BrF3N2O/c10-3-5-1-6(16-9(11,12)13)2-7-8(5)15-4-14-7/h1-2,4H,3H2,(H,14,15). The zero-order valence-corrected chi connectivity index (χ0v) is 9.39. The van der Waals surface area contributed by atoms with Gasteiger partial charge in [0, 0.05) is 11.4 Å². The second kappa shape index (κ2) is 3.97. The Hall–Kier alpha value is -1.24. The van der Waals surface area contributed by atoms with Crippen LogP contribution in [0.25, 0.3) is 11.0 Å². The number of fused-ring (bicyclic) bond motifs is 1. The first-order valence-electron chi connectivity index (χ1n) is 4.27. The Kier molecular flexibility index (Phi) is 2.79. The predicted octanol–water partition coefficient (Wildman–Crippen LogP) is 3.36. The maximum atomic E-state index is 12.0. The van der Waals surface area contributed by atoms with Gasteiger partial charge < -0.3 is 9.72 Å². The van der Waals surface area contributed by atoms with Crippen LogP contribution in [0.1, 0.15) is 5.56 Å². The van der Waals surface area contributed by atoms with Gasteiger partial charge in [0.05, 0.1) is 17.4 Å². The van der Waals surface area contributed by atoms with Gasteiger partial charge in [0.25, 0.3) is 0 Å². The van der Waals surface area contributed by atoms with E-state index in [1.807, 2.05) is 0 Å². The van der Waals surface area contributed by atoms with Gasteiger partial charge >= 0.3 is 6.36 Å². The lowest BCUT2D eigenvalue weighted by atomic mass is 10.2. The molecule has 0 unspecified atom stereocenters. The molecule has 0 amide bonds. The zero-order chi connectivity index (χ0) is 11.8. The maximum Gasteiger partial charge on any atom is 0.573 e. The SMILES string of the molecule is FC(F)(F)Oc1cc(CBr)c2nc[nH]c2c1. The first-order chi connectivity index (χ1) is 7.49. The summed E-state index contributed by atoms with van der Waals surface area (Å²) in [5.41, 5.74) is 1.78. The van der Waals surface area contributed by atoms with Crippen LogP contribution >= 0.6 is 15.9 Å². The van der Waals surface area contributed by atoms with Crippen LogP contribution in [0.4, 0.5) is 13.2 Å². The topological polar surface area (TPSA) is 37.9 Å². The fraction of sp³-hybridized carbons (Fsp3) is 0.222. The number of benzene rings is 1. The van der Waals surface area contributed by atoms with Crippen LogP contribution in [0.2, 0.25) is 0 Å². The molecule has 0 fully saturated rings. The smallest absolute Gasteiger partial charge is 0.406 e. The molecule has 0 aliphatic heterocycles. The number of hydrogen-bond donors (Lipinski definition) is 1. The van der Waals surface area contributed by atoms with Crippen molar-refractivity contribution in [1.82, 2.24) is 9.97 Å². The third-order valence-electron chi connectivity index (χ3n) is 1.95. The summed E-state index contributed by atoms with van der Waals surface area (Å²) in [4.78, 5) is 6.75. The molecule has 0 bridgehead atoms. The van der Waals surface area contributed by atoms with Crippen LogP contribution in [-0.2, 0) is 5.33 Å². The predicted molar refractivity (Wildman–Crippen MR) is 55.4 cm³/mol. The van der Waals surface area contributed by atoms with E-state index in [-0.39, 0.29) is 5.75 Å².